The predicted octanol–water partition coefficient (Wildman–Crippen LogP) is 1.18. The lowest BCUT2D eigenvalue weighted by Gasteiger charge is -2.35. The van der Waals surface area contributed by atoms with Gasteiger partial charge < -0.3 is 10.6 Å². The fourth-order valence-corrected chi connectivity index (χ4v) is 3.53. The van der Waals surface area contributed by atoms with Crippen molar-refractivity contribution in [3.05, 3.63) is 16.1 Å². The van der Waals surface area contributed by atoms with Crippen molar-refractivity contribution in [1.82, 2.24) is 14.8 Å². The van der Waals surface area contributed by atoms with Crippen LogP contribution in [-0.4, -0.2) is 64.9 Å². The average Bonchev–Trinajstić information content (AvgIpc) is 2.90. The number of hydrogen-bond acceptors (Lipinski definition) is 6. The van der Waals surface area contributed by atoms with E-state index in [0.29, 0.717) is 0 Å². The smallest absolute Gasteiger partial charge is 0.239 e. The van der Waals surface area contributed by atoms with Crippen LogP contribution in [0.4, 0.5) is 0 Å². The largest absolute Gasteiger partial charge is 0.339 e. The number of aromatic nitrogens is 1. The first-order chi connectivity index (χ1) is 10.1. The van der Waals surface area contributed by atoms with Gasteiger partial charge in [-0.25, -0.2) is 4.98 Å². The molecule has 0 aliphatic carbocycles. The lowest BCUT2D eigenvalue weighted by Crippen LogP contribution is -2.53. The van der Waals surface area contributed by atoms with E-state index in [4.69, 9.17) is 5.73 Å². The Morgan fingerprint density at radius 2 is 2.19 bits per heavy atom. The maximum absolute atomic E-state index is 12.2. The Hall–Kier alpha value is -0.630. The molecule has 118 valence electrons. The minimum absolute atomic E-state index is 0.105. The molecule has 21 heavy (non-hydrogen) atoms. The number of rotatable bonds is 6. The van der Waals surface area contributed by atoms with Gasteiger partial charge in [-0.1, -0.05) is 0 Å². The van der Waals surface area contributed by atoms with E-state index in [1.54, 1.807) is 23.1 Å². The fraction of sp³-hybridized carbons (Fsp3) is 0.714. The SMILES string of the molecule is CSCC[C@H](N)C(=O)N1CCN(Cc2csc(C)n2)CC1. The van der Waals surface area contributed by atoms with Gasteiger partial charge in [-0.05, 0) is 25.4 Å². The Kier molecular flexibility index (Phi) is 6.47. The van der Waals surface area contributed by atoms with Crippen LogP contribution in [-0.2, 0) is 11.3 Å². The molecule has 1 aromatic rings. The van der Waals surface area contributed by atoms with Gasteiger partial charge in [0.2, 0.25) is 5.91 Å². The minimum Gasteiger partial charge on any atom is -0.339 e. The van der Waals surface area contributed by atoms with Crippen LogP contribution in [0.3, 0.4) is 0 Å². The third-order valence-electron chi connectivity index (χ3n) is 3.69. The van der Waals surface area contributed by atoms with Gasteiger partial charge in [-0.3, -0.25) is 9.69 Å². The average molecular weight is 329 g/mol. The predicted molar refractivity (Wildman–Crippen MR) is 89.7 cm³/mol. The summed E-state index contributed by atoms with van der Waals surface area (Å²) in [5.74, 6) is 1.05. The van der Waals surface area contributed by atoms with E-state index in [-0.39, 0.29) is 11.9 Å². The van der Waals surface area contributed by atoms with E-state index in [1.807, 2.05) is 18.1 Å². The zero-order valence-electron chi connectivity index (χ0n) is 12.7. The summed E-state index contributed by atoms with van der Waals surface area (Å²) < 4.78 is 0. The fourth-order valence-electron chi connectivity index (χ4n) is 2.44. The summed E-state index contributed by atoms with van der Waals surface area (Å²) in [5.41, 5.74) is 7.10. The van der Waals surface area contributed by atoms with Crippen LogP contribution in [0, 0.1) is 6.92 Å². The first-order valence-electron chi connectivity index (χ1n) is 7.27. The van der Waals surface area contributed by atoms with Crippen LogP contribution < -0.4 is 5.73 Å². The molecule has 0 bridgehead atoms. The molecule has 2 rings (SSSR count). The number of hydrogen-bond donors (Lipinski definition) is 1. The molecule has 0 saturated carbocycles. The molecule has 1 aromatic heterocycles. The van der Waals surface area contributed by atoms with Crippen molar-refractivity contribution in [2.75, 3.05) is 38.2 Å². The van der Waals surface area contributed by atoms with Crippen LogP contribution >= 0.6 is 23.1 Å². The molecule has 1 amide bonds. The molecule has 1 aliphatic rings. The molecular formula is C14H24N4OS2. The summed E-state index contributed by atoms with van der Waals surface area (Å²) in [5, 5.41) is 3.23. The molecular weight excluding hydrogens is 304 g/mol. The molecule has 1 saturated heterocycles. The topological polar surface area (TPSA) is 62.5 Å². The van der Waals surface area contributed by atoms with Crippen LogP contribution in [0.5, 0.6) is 0 Å². The summed E-state index contributed by atoms with van der Waals surface area (Å²) in [6.45, 7) is 6.25. The highest BCUT2D eigenvalue weighted by atomic mass is 32.2. The van der Waals surface area contributed by atoms with Crippen LogP contribution in [0.25, 0.3) is 0 Å². The number of amides is 1. The molecule has 5 nitrogen and oxygen atoms in total. The van der Waals surface area contributed by atoms with Crippen molar-refractivity contribution in [1.29, 1.82) is 0 Å². The Morgan fingerprint density at radius 3 is 2.76 bits per heavy atom. The summed E-state index contributed by atoms with van der Waals surface area (Å²) >= 11 is 3.42. The zero-order valence-corrected chi connectivity index (χ0v) is 14.4. The number of thioether (sulfide) groups is 1. The number of carbonyl (C=O) groups is 1. The first-order valence-corrected chi connectivity index (χ1v) is 9.54. The minimum atomic E-state index is -0.342. The lowest BCUT2D eigenvalue weighted by atomic mass is 10.2. The molecule has 2 N–H and O–H groups in total. The van der Waals surface area contributed by atoms with E-state index in [2.05, 4.69) is 15.3 Å². The molecule has 0 spiro atoms. The van der Waals surface area contributed by atoms with Gasteiger partial charge in [-0.2, -0.15) is 11.8 Å². The van der Waals surface area contributed by atoms with E-state index < -0.39 is 0 Å². The zero-order chi connectivity index (χ0) is 15.2. The van der Waals surface area contributed by atoms with Crippen molar-refractivity contribution in [3.8, 4) is 0 Å². The summed E-state index contributed by atoms with van der Waals surface area (Å²) in [4.78, 5) is 21.0. The summed E-state index contributed by atoms with van der Waals surface area (Å²) in [6.07, 6.45) is 2.80. The van der Waals surface area contributed by atoms with Crippen molar-refractivity contribution < 1.29 is 4.79 Å². The van der Waals surface area contributed by atoms with Gasteiger partial charge in [0.25, 0.3) is 0 Å². The van der Waals surface area contributed by atoms with Gasteiger partial charge in [0.15, 0.2) is 0 Å². The number of nitrogens with two attached hydrogens (primary N) is 1. The molecule has 1 fully saturated rings. The lowest BCUT2D eigenvalue weighted by molar-refractivity contribution is -0.134. The summed E-state index contributed by atoms with van der Waals surface area (Å²) in [7, 11) is 0. The highest BCUT2D eigenvalue weighted by molar-refractivity contribution is 7.98. The van der Waals surface area contributed by atoms with Crippen molar-refractivity contribution >= 4 is 29.0 Å². The molecule has 0 aromatic carbocycles. The van der Waals surface area contributed by atoms with Crippen LogP contribution in [0.2, 0.25) is 0 Å². The monoisotopic (exact) mass is 328 g/mol. The Morgan fingerprint density at radius 1 is 1.48 bits per heavy atom. The van der Waals surface area contributed by atoms with Gasteiger partial charge in [0.1, 0.15) is 0 Å². The second-order valence-corrected chi connectivity index (χ2v) is 7.40. The van der Waals surface area contributed by atoms with Crippen LogP contribution in [0.15, 0.2) is 5.38 Å². The highest BCUT2D eigenvalue weighted by Crippen LogP contribution is 2.13. The second-order valence-electron chi connectivity index (χ2n) is 5.35. The Labute approximate surface area is 134 Å². The normalized spacial score (nSPS) is 18.0. The third-order valence-corrected chi connectivity index (χ3v) is 5.15. The van der Waals surface area contributed by atoms with Gasteiger partial charge in [-0.15, -0.1) is 11.3 Å². The summed E-state index contributed by atoms with van der Waals surface area (Å²) in [6, 6.07) is -0.342. The second kappa shape index (κ2) is 8.12. The number of thiazole rings is 1. The standard InChI is InChI=1S/C14H24N4OS2/c1-11-16-12(10-21-11)9-17-4-6-18(7-5-17)14(19)13(15)3-8-20-2/h10,13H,3-9,15H2,1-2H3/t13-/m0/s1. The number of carbonyl (C=O) groups excluding carboxylic acids is 1. The van der Waals surface area contributed by atoms with E-state index in [1.165, 1.54) is 0 Å². The van der Waals surface area contributed by atoms with Crippen molar-refractivity contribution in [3.63, 3.8) is 0 Å². The van der Waals surface area contributed by atoms with E-state index in [9.17, 15) is 4.79 Å². The molecule has 7 heteroatoms. The van der Waals surface area contributed by atoms with Crippen molar-refractivity contribution in [2.45, 2.75) is 25.9 Å². The number of aryl methyl sites for hydroxylation is 1. The Balaban J connectivity index is 1.76. The molecule has 0 unspecified atom stereocenters. The van der Waals surface area contributed by atoms with Gasteiger partial charge in [0, 0.05) is 38.1 Å². The van der Waals surface area contributed by atoms with E-state index >= 15 is 0 Å². The maximum Gasteiger partial charge on any atom is 0.239 e. The molecule has 1 atom stereocenters. The Bertz CT molecular complexity index is 458. The van der Waals surface area contributed by atoms with Crippen molar-refractivity contribution in [2.24, 2.45) is 5.73 Å². The quantitative estimate of drug-likeness (QED) is 0.849. The molecule has 1 aliphatic heterocycles. The third kappa shape index (κ3) is 4.95. The maximum atomic E-state index is 12.2. The molecule has 0 radical (unpaired) electrons. The first kappa shape index (κ1) is 16.7. The van der Waals surface area contributed by atoms with Crippen LogP contribution in [0.1, 0.15) is 17.1 Å². The highest BCUT2D eigenvalue weighted by Gasteiger charge is 2.25. The number of nitrogens with zero attached hydrogens (tertiary/aromatic N) is 3. The van der Waals surface area contributed by atoms with Gasteiger partial charge >= 0.3 is 0 Å². The van der Waals surface area contributed by atoms with E-state index in [0.717, 1.165) is 55.6 Å². The van der Waals surface area contributed by atoms with Gasteiger partial charge in [0.05, 0.1) is 16.7 Å². The number of piperazine rings is 1. The molecule has 2 heterocycles.